The van der Waals surface area contributed by atoms with Crippen LogP contribution >= 0.6 is 23.4 Å². The predicted molar refractivity (Wildman–Crippen MR) is 97.0 cm³/mol. The van der Waals surface area contributed by atoms with Crippen LogP contribution in [0.5, 0.6) is 0 Å². The lowest BCUT2D eigenvalue weighted by molar-refractivity contribution is -0.157. The molecule has 2 heterocycles. The van der Waals surface area contributed by atoms with Crippen molar-refractivity contribution >= 4 is 35.2 Å². The molecule has 25 heavy (non-hydrogen) atoms. The van der Waals surface area contributed by atoms with Gasteiger partial charge in [0, 0.05) is 42.0 Å². The highest BCUT2D eigenvalue weighted by atomic mass is 35.5. The zero-order valence-electron chi connectivity index (χ0n) is 13.9. The second kappa shape index (κ2) is 7.98. The number of carbonyl (C=O) groups excluding carboxylic acids is 1. The molecule has 0 bridgehead atoms. The molecule has 3 rings (SSSR count). The minimum atomic E-state index is -0.814. The molecule has 2 saturated heterocycles. The number of hydrogen-bond acceptors (Lipinski definition) is 4. The fraction of sp³-hybridized carbons (Fsp3) is 0.556. The van der Waals surface area contributed by atoms with Crippen molar-refractivity contribution in [2.24, 2.45) is 11.3 Å². The highest BCUT2D eigenvalue weighted by Gasteiger charge is 2.54. The number of carboxylic acid groups (broad SMARTS) is 1. The molecule has 0 aliphatic carbocycles. The largest absolute Gasteiger partial charge is 0.481 e. The molecular weight excluding hydrogens is 362 g/mol. The Labute approximate surface area is 156 Å². The molecule has 2 aliphatic heterocycles. The molecule has 136 valence electrons. The highest BCUT2D eigenvalue weighted by Crippen LogP contribution is 2.42. The molecule has 1 aromatic carbocycles. The van der Waals surface area contributed by atoms with E-state index in [2.05, 4.69) is 0 Å². The van der Waals surface area contributed by atoms with Gasteiger partial charge >= 0.3 is 5.97 Å². The molecule has 0 spiro atoms. The fourth-order valence-electron chi connectivity index (χ4n) is 3.59. The van der Waals surface area contributed by atoms with Gasteiger partial charge in [-0.25, -0.2) is 0 Å². The number of amides is 1. The van der Waals surface area contributed by atoms with Crippen molar-refractivity contribution < 1.29 is 19.4 Å². The maximum Gasteiger partial charge on any atom is 0.311 e. The molecule has 0 aromatic heterocycles. The molecule has 0 unspecified atom stereocenters. The van der Waals surface area contributed by atoms with Crippen molar-refractivity contribution in [2.45, 2.75) is 24.2 Å². The number of halogens is 1. The Bertz CT molecular complexity index is 638. The van der Waals surface area contributed by atoms with E-state index >= 15 is 0 Å². The number of fused-ring (bicyclic) bond motifs is 1. The summed E-state index contributed by atoms with van der Waals surface area (Å²) in [6, 6.07) is 7.65. The van der Waals surface area contributed by atoms with Crippen LogP contribution in [0.2, 0.25) is 5.02 Å². The molecule has 2 atom stereocenters. The molecule has 7 heteroatoms. The van der Waals surface area contributed by atoms with E-state index in [9.17, 15) is 14.7 Å². The van der Waals surface area contributed by atoms with Gasteiger partial charge < -0.3 is 14.7 Å². The predicted octanol–water partition coefficient (Wildman–Crippen LogP) is 3.16. The van der Waals surface area contributed by atoms with Crippen molar-refractivity contribution in [2.75, 3.05) is 32.1 Å². The van der Waals surface area contributed by atoms with E-state index in [-0.39, 0.29) is 11.8 Å². The Hall–Kier alpha value is -1.24. The standard InChI is InChI=1S/C18H22ClNO4S/c19-14-3-5-15(6-4-14)25-9-1-2-16(21)20-10-13-11-24-8-7-18(13,12-20)17(22)23/h3-6,13H,1-2,7-12H2,(H,22,23)/t13-,18+/m0/s1. The lowest BCUT2D eigenvalue weighted by atomic mass is 9.74. The first-order chi connectivity index (χ1) is 12.0. The first-order valence-corrected chi connectivity index (χ1v) is 9.85. The van der Waals surface area contributed by atoms with Crippen LogP contribution in [0, 0.1) is 11.3 Å². The normalized spacial score (nSPS) is 25.6. The Morgan fingerprint density at radius 2 is 2.12 bits per heavy atom. The molecule has 0 saturated carbocycles. The zero-order valence-corrected chi connectivity index (χ0v) is 15.5. The van der Waals surface area contributed by atoms with Crippen LogP contribution < -0.4 is 0 Å². The number of nitrogens with zero attached hydrogens (tertiary/aromatic N) is 1. The second-order valence-corrected chi connectivity index (χ2v) is 8.27. The van der Waals surface area contributed by atoms with E-state index in [1.807, 2.05) is 24.3 Å². The SMILES string of the molecule is O=C(CCCSc1ccc(Cl)cc1)N1C[C@H]2COCC[C@@]2(C(=O)O)C1. The molecule has 1 aromatic rings. The van der Waals surface area contributed by atoms with Gasteiger partial charge in [0.05, 0.1) is 12.0 Å². The number of rotatable bonds is 6. The molecule has 1 amide bonds. The van der Waals surface area contributed by atoms with Crippen LogP contribution in [0.1, 0.15) is 19.3 Å². The van der Waals surface area contributed by atoms with Gasteiger partial charge in [-0.3, -0.25) is 9.59 Å². The smallest absolute Gasteiger partial charge is 0.311 e. The van der Waals surface area contributed by atoms with E-state index < -0.39 is 11.4 Å². The quantitative estimate of drug-likeness (QED) is 0.603. The summed E-state index contributed by atoms with van der Waals surface area (Å²) in [6.07, 6.45) is 1.71. The summed E-state index contributed by atoms with van der Waals surface area (Å²) in [7, 11) is 0. The van der Waals surface area contributed by atoms with Crippen molar-refractivity contribution in [1.82, 2.24) is 4.90 Å². The van der Waals surface area contributed by atoms with Gasteiger partial charge in [0.15, 0.2) is 0 Å². The van der Waals surface area contributed by atoms with Crippen LogP contribution in [0.25, 0.3) is 0 Å². The second-order valence-electron chi connectivity index (χ2n) is 6.66. The first-order valence-electron chi connectivity index (χ1n) is 8.48. The van der Waals surface area contributed by atoms with E-state index in [1.54, 1.807) is 16.7 Å². The van der Waals surface area contributed by atoms with E-state index in [1.165, 1.54) is 0 Å². The third-order valence-electron chi connectivity index (χ3n) is 5.10. The van der Waals surface area contributed by atoms with Gasteiger partial charge in [-0.05, 0) is 42.9 Å². The number of likely N-dealkylation sites (tertiary alicyclic amines) is 1. The van der Waals surface area contributed by atoms with Gasteiger partial charge in [-0.2, -0.15) is 0 Å². The number of benzene rings is 1. The average molecular weight is 384 g/mol. The van der Waals surface area contributed by atoms with Crippen LogP contribution in [-0.2, 0) is 14.3 Å². The topological polar surface area (TPSA) is 66.8 Å². The number of ether oxygens (including phenoxy) is 1. The minimum absolute atomic E-state index is 0.0479. The van der Waals surface area contributed by atoms with E-state index in [0.29, 0.717) is 44.2 Å². The van der Waals surface area contributed by atoms with Crippen LogP contribution in [0.4, 0.5) is 0 Å². The van der Waals surface area contributed by atoms with Crippen molar-refractivity contribution in [3.05, 3.63) is 29.3 Å². The maximum atomic E-state index is 12.5. The van der Waals surface area contributed by atoms with Crippen molar-refractivity contribution in [3.63, 3.8) is 0 Å². The molecule has 2 fully saturated rings. The molecular formula is C18H22ClNO4S. The number of hydrogen-bond donors (Lipinski definition) is 1. The molecule has 1 N–H and O–H groups in total. The maximum absolute atomic E-state index is 12.5. The van der Waals surface area contributed by atoms with Gasteiger partial charge in [0.25, 0.3) is 0 Å². The lowest BCUT2D eigenvalue weighted by Gasteiger charge is -2.33. The average Bonchev–Trinajstić information content (AvgIpc) is 3.01. The van der Waals surface area contributed by atoms with Gasteiger partial charge in [-0.1, -0.05) is 11.6 Å². The Morgan fingerprint density at radius 1 is 1.36 bits per heavy atom. The zero-order chi connectivity index (χ0) is 17.9. The third kappa shape index (κ3) is 4.13. The van der Waals surface area contributed by atoms with Gasteiger partial charge in [-0.15, -0.1) is 11.8 Å². The number of carboxylic acids is 1. The highest BCUT2D eigenvalue weighted by molar-refractivity contribution is 7.99. The monoisotopic (exact) mass is 383 g/mol. The fourth-order valence-corrected chi connectivity index (χ4v) is 4.57. The van der Waals surface area contributed by atoms with Crippen LogP contribution in [-0.4, -0.2) is 53.9 Å². The van der Waals surface area contributed by atoms with E-state index in [0.717, 1.165) is 17.1 Å². The summed E-state index contributed by atoms with van der Waals surface area (Å²) >= 11 is 7.56. The van der Waals surface area contributed by atoms with Crippen LogP contribution in [0.3, 0.4) is 0 Å². The van der Waals surface area contributed by atoms with Crippen molar-refractivity contribution in [3.8, 4) is 0 Å². The van der Waals surface area contributed by atoms with Gasteiger partial charge in [0.2, 0.25) is 5.91 Å². The molecule has 0 radical (unpaired) electrons. The number of thioether (sulfide) groups is 1. The summed E-state index contributed by atoms with van der Waals surface area (Å²) in [6.45, 7) is 1.71. The Kier molecular flexibility index (Phi) is 5.92. The number of aliphatic carboxylic acids is 1. The molecule has 2 aliphatic rings. The van der Waals surface area contributed by atoms with Crippen LogP contribution in [0.15, 0.2) is 29.2 Å². The third-order valence-corrected chi connectivity index (χ3v) is 6.45. The summed E-state index contributed by atoms with van der Waals surface area (Å²) < 4.78 is 5.43. The van der Waals surface area contributed by atoms with Gasteiger partial charge in [0.1, 0.15) is 0 Å². The number of carbonyl (C=O) groups is 2. The lowest BCUT2D eigenvalue weighted by Crippen LogP contribution is -2.45. The first kappa shape index (κ1) is 18.5. The minimum Gasteiger partial charge on any atom is -0.481 e. The summed E-state index contributed by atoms with van der Waals surface area (Å²) in [5.41, 5.74) is -0.814. The molecule has 5 nitrogen and oxygen atoms in total. The summed E-state index contributed by atoms with van der Waals surface area (Å²) in [4.78, 5) is 27.1. The Morgan fingerprint density at radius 3 is 2.80 bits per heavy atom. The van der Waals surface area contributed by atoms with Crippen molar-refractivity contribution in [1.29, 1.82) is 0 Å². The van der Waals surface area contributed by atoms with E-state index in [4.69, 9.17) is 16.3 Å². The summed E-state index contributed by atoms with van der Waals surface area (Å²) in [5.74, 6) is 0.00457. The Balaban J connectivity index is 1.47. The summed E-state index contributed by atoms with van der Waals surface area (Å²) in [5, 5.41) is 10.4.